The lowest BCUT2D eigenvalue weighted by molar-refractivity contribution is -0.143. The highest BCUT2D eigenvalue weighted by Gasteiger charge is 2.46. The third kappa shape index (κ3) is 2.59. The number of halogens is 1. The van der Waals surface area contributed by atoms with Crippen LogP contribution in [0.1, 0.15) is 62.1 Å². The minimum absolute atomic E-state index is 0.280. The van der Waals surface area contributed by atoms with Gasteiger partial charge in [-0.1, -0.05) is 42.6 Å². The van der Waals surface area contributed by atoms with Gasteiger partial charge in [0.1, 0.15) is 5.75 Å². The molecule has 0 atom stereocenters. The average molecular weight is 355 g/mol. The Bertz CT molecular complexity index is 558. The van der Waals surface area contributed by atoms with Gasteiger partial charge in [0.15, 0.2) is 0 Å². The molecule has 4 heteroatoms. The van der Waals surface area contributed by atoms with Crippen molar-refractivity contribution >= 4 is 21.9 Å². The van der Waals surface area contributed by atoms with E-state index in [0.717, 1.165) is 39.8 Å². The number of hydrogen-bond acceptors (Lipinski definition) is 2. The summed E-state index contributed by atoms with van der Waals surface area (Å²) in [7, 11) is 1.64. The van der Waals surface area contributed by atoms with Crippen LogP contribution in [0, 0.1) is 6.92 Å². The molecule has 116 valence electrons. The standard InChI is InChI=1S/C17H23BrO3/c1-10(2)12-9-13(18)11(3)14(15(12)21-4)17(16(19)20)7-5-6-8-17/h9-10H,5-8H2,1-4H3,(H,19,20). The average Bonchev–Trinajstić information content (AvgIpc) is 2.91. The molecule has 0 radical (unpaired) electrons. The van der Waals surface area contributed by atoms with Gasteiger partial charge >= 0.3 is 5.97 Å². The first-order valence-corrected chi connectivity index (χ1v) is 8.25. The van der Waals surface area contributed by atoms with Gasteiger partial charge in [-0.05, 0) is 42.9 Å². The second-order valence-corrected chi connectivity index (χ2v) is 7.08. The molecule has 0 aromatic heterocycles. The number of methoxy groups -OCH3 is 1. The Morgan fingerprint density at radius 1 is 1.38 bits per heavy atom. The molecule has 1 N–H and O–H groups in total. The van der Waals surface area contributed by atoms with Crippen LogP contribution in [-0.4, -0.2) is 18.2 Å². The summed E-state index contributed by atoms with van der Waals surface area (Å²) in [6.07, 6.45) is 3.29. The summed E-state index contributed by atoms with van der Waals surface area (Å²) in [5, 5.41) is 9.91. The number of aliphatic carboxylic acids is 1. The number of carbonyl (C=O) groups is 1. The fourth-order valence-electron chi connectivity index (χ4n) is 3.52. The van der Waals surface area contributed by atoms with Crippen molar-refractivity contribution in [3.05, 3.63) is 27.2 Å². The lowest BCUT2D eigenvalue weighted by atomic mass is 9.75. The van der Waals surface area contributed by atoms with Crippen molar-refractivity contribution in [1.29, 1.82) is 0 Å². The number of benzene rings is 1. The highest BCUT2D eigenvalue weighted by Crippen LogP contribution is 2.50. The first-order valence-electron chi connectivity index (χ1n) is 7.46. The molecule has 1 aromatic carbocycles. The van der Waals surface area contributed by atoms with Gasteiger partial charge in [-0.25, -0.2) is 0 Å². The fourth-order valence-corrected chi connectivity index (χ4v) is 3.96. The predicted molar refractivity (Wildman–Crippen MR) is 87.3 cm³/mol. The Kier molecular flexibility index (Phi) is 4.66. The van der Waals surface area contributed by atoms with E-state index in [-0.39, 0.29) is 5.92 Å². The van der Waals surface area contributed by atoms with Crippen LogP contribution in [0.2, 0.25) is 0 Å². The Morgan fingerprint density at radius 2 is 1.95 bits per heavy atom. The number of carboxylic acids is 1. The van der Waals surface area contributed by atoms with Crippen molar-refractivity contribution in [1.82, 2.24) is 0 Å². The van der Waals surface area contributed by atoms with Gasteiger partial charge in [0.05, 0.1) is 12.5 Å². The molecule has 1 aliphatic rings. The van der Waals surface area contributed by atoms with Crippen LogP contribution in [0.4, 0.5) is 0 Å². The molecule has 0 aliphatic heterocycles. The van der Waals surface area contributed by atoms with Crippen molar-refractivity contribution < 1.29 is 14.6 Å². The van der Waals surface area contributed by atoms with E-state index in [9.17, 15) is 9.90 Å². The maximum atomic E-state index is 12.1. The summed E-state index contributed by atoms with van der Waals surface area (Å²) in [4.78, 5) is 12.1. The molecular weight excluding hydrogens is 332 g/mol. The van der Waals surface area contributed by atoms with Crippen LogP contribution >= 0.6 is 15.9 Å². The molecule has 0 saturated heterocycles. The molecule has 1 aliphatic carbocycles. The summed E-state index contributed by atoms with van der Waals surface area (Å²) in [6, 6.07) is 2.06. The van der Waals surface area contributed by atoms with Gasteiger partial charge < -0.3 is 9.84 Å². The van der Waals surface area contributed by atoms with E-state index in [1.165, 1.54) is 0 Å². The second-order valence-electron chi connectivity index (χ2n) is 6.23. The quantitative estimate of drug-likeness (QED) is 0.845. The molecular formula is C17H23BrO3. The summed E-state index contributed by atoms with van der Waals surface area (Å²) in [6.45, 7) is 6.19. The summed E-state index contributed by atoms with van der Waals surface area (Å²) in [5.41, 5.74) is 2.12. The third-order valence-corrected chi connectivity index (χ3v) is 5.50. The largest absolute Gasteiger partial charge is 0.496 e. The lowest BCUT2D eigenvalue weighted by Crippen LogP contribution is -2.34. The van der Waals surface area contributed by atoms with Crippen LogP contribution in [0.25, 0.3) is 0 Å². The van der Waals surface area contributed by atoms with Crippen molar-refractivity contribution in [3.8, 4) is 5.75 Å². The maximum Gasteiger partial charge on any atom is 0.314 e. The fraction of sp³-hybridized carbons (Fsp3) is 0.588. The topological polar surface area (TPSA) is 46.5 Å². The van der Waals surface area contributed by atoms with Crippen LogP contribution in [0.3, 0.4) is 0 Å². The van der Waals surface area contributed by atoms with Gasteiger partial charge in [-0.15, -0.1) is 0 Å². The van der Waals surface area contributed by atoms with E-state index in [4.69, 9.17) is 4.74 Å². The van der Waals surface area contributed by atoms with E-state index >= 15 is 0 Å². The van der Waals surface area contributed by atoms with Crippen molar-refractivity contribution in [2.45, 2.75) is 57.8 Å². The van der Waals surface area contributed by atoms with Crippen molar-refractivity contribution in [2.75, 3.05) is 7.11 Å². The number of ether oxygens (including phenoxy) is 1. The van der Waals surface area contributed by atoms with E-state index in [1.54, 1.807) is 7.11 Å². The van der Waals surface area contributed by atoms with Crippen molar-refractivity contribution in [3.63, 3.8) is 0 Å². The lowest BCUT2D eigenvalue weighted by Gasteiger charge is -2.30. The van der Waals surface area contributed by atoms with Gasteiger partial charge in [-0.2, -0.15) is 0 Å². The predicted octanol–water partition coefficient (Wildman–Crippen LogP) is 4.79. The Morgan fingerprint density at radius 3 is 2.38 bits per heavy atom. The van der Waals surface area contributed by atoms with E-state index in [0.29, 0.717) is 12.8 Å². The molecule has 0 spiro atoms. The van der Waals surface area contributed by atoms with Crippen LogP contribution in [0.15, 0.2) is 10.5 Å². The minimum Gasteiger partial charge on any atom is -0.496 e. The van der Waals surface area contributed by atoms with Crippen LogP contribution in [0.5, 0.6) is 5.75 Å². The molecule has 0 bridgehead atoms. The third-order valence-electron chi connectivity index (χ3n) is 4.68. The number of rotatable bonds is 4. The Hall–Kier alpha value is -1.03. The highest BCUT2D eigenvalue weighted by molar-refractivity contribution is 9.10. The zero-order chi connectivity index (χ0) is 15.8. The normalized spacial score (nSPS) is 17.2. The number of hydrogen-bond donors (Lipinski definition) is 1. The summed E-state index contributed by atoms with van der Waals surface area (Å²) < 4.78 is 6.64. The van der Waals surface area contributed by atoms with E-state index in [2.05, 4.69) is 35.8 Å². The summed E-state index contributed by atoms with van der Waals surface area (Å²) >= 11 is 3.60. The second kappa shape index (κ2) is 5.99. The molecule has 0 amide bonds. The van der Waals surface area contributed by atoms with Gasteiger partial charge in [0, 0.05) is 10.0 Å². The van der Waals surface area contributed by atoms with Gasteiger partial charge in [0.25, 0.3) is 0 Å². The van der Waals surface area contributed by atoms with Gasteiger partial charge in [-0.3, -0.25) is 4.79 Å². The van der Waals surface area contributed by atoms with E-state index in [1.807, 2.05) is 6.92 Å². The molecule has 1 fully saturated rings. The Labute approximate surface area is 134 Å². The molecule has 0 unspecified atom stereocenters. The smallest absolute Gasteiger partial charge is 0.314 e. The molecule has 0 heterocycles. The summed E-state index contributed by atoms with van der Waals surface area (Å²) in [5.74, 6) is 0.312. The number of carboxylic acid groups (broad SMARTS) is 1. The molecule has 1 saturated carbocycles. The SMILES string of the molecule is COc1c(C(C)C)cc(Br)c(C)c1C1(C(=O)O)CCCC1. The minimum atomic E-state index is -0.803. The van der Waals surface area contributed by atoms with Crippen LogP contribution < -0.4 is 4.74 Å². The first-order chi connectivity index (χ1) is 9.85. The molecule has 1 aromatic rings. The molecule has 2 rings (SSSR count). The highest BCUT2D eigenvalue weighted by atomic mass is 79.9. The monoisotopic (exact) mass is 354 g/mol. The van der Waals surface area contributed by atoms with Crippen LogP contribution in [-0.2, 0) is 10.2 Å². The first kappa shape index (κ1) is 16.3. The maximum absolute atomic E-state index is 12.1. The van der Waals surface area contributed by atoms with Crippen molar-refractivity contribution in [2.24, 2.45) is 0 Å². The van der Waals surface area contributed by atoms with Gasteiger partial charge in [0.2, 0.25) is 0 Å². The zero-order valence-electron chi connectivity index (χ0n) is 13.1. The zero-order valence-corrected chi connectivity index (χ0v) is 14.7. The molecule has 3 nitrogen and oxygen atoms in total. The van der Waals surface area contributed by atoms with E-state index < -0.39 is 11.4 Å². The molecule has 21 heavy (non-hydrogen) atoms. The Balaban J connectivity index is 2.80.